The van der Waals surface area contributed by atoms with Gasteiger partial charge in [0.1, 0.15) is 5.78 Å². The van der Waals surface area contributed by atoms with Crippen LogP contribution >= 0.6 is 0 Å². The molecule has 0 aromatic rings. The molecule has 0 saturated heterocycles. The van der Waals surface area contributed by atoms with Gasteiger partial charge in [0.2, 0.25) is 0 Å². The predicted molar refractivity (Wildman–Crippen MR) is 61.5 cm³/mol. The van der Waals surface area contributed by atoms with Gasteiger partial charge in [-0.3, -0.25) is 4.79 Å². The Morgan fingerprint density at radius 1 is 1.07 bits per heavy atom. The van der Waals surface area contributed by atoms with E-state index in [1.807, 2.05) is 0 Å². The normalized spacial score (nSPS) is 10.1. The number of hydrogen-bond acceptors (Lipinski definition) is 1. The van der Waals surface area contributed by atoms with Crippen LogP contribution in [0, 0.1) is 5.41 Å². The SMILES string of the molecule is CCCCCC(CC)(CC)C(C)=O.O.[Ti]. The molecule has 0 rings (SSSR count). The van der Waals surface area contributed by atoms with Crippen molar-refractivity contribution in [2.24, 2.45) is 5.41 Å². The van der Waals surface area contributed by atoms with Crippen molar-refractivity contribution >= 4 is 5.78 Å². The van der Waals surface area contributed by atoms with Crippen molar-refractivity contribution in [3.8, 4) is 0 Å². The Morgan fingerprint density at radius 3 is 1.80 bits per heavy atom. The molecule has 0 saturated carbocycles. The number of carbonyl (C=O) groups excluding carboxylic acids is 1. The quantitative estimate of drug-likeness (QED) is 0.505. The van der Waals surface area contributed by atoms with E-state index in [-0.39, 0.29) is 32.6 Å². The van der Waals surface area contributed by atoms with Crippen LogP contribution in [0.25, 0.3) is 0 Å². The zero-order chi connectivity index (χ0) is 10.3. The van der Waals surface area contributed by atoms with Gasteiger partial charge in [-0.2, -0.15) is 0 Å². The topological polar surface area (TPSA) is 48.6 Å². The zero-order valence-electron chi connectivity index (χ0n) is 10.7. The Balaban J connectivity index is -0.000000720. The van der Waals surface area contributed by atoms with Crippen molar-refractivity contribution in [3.05, 3.63) is 0 Å². The Labute approximate surface area is 109 Å². The summed E-state index contributed by atoms with van der Waals surface area (Å²) in [6, 6.07) is 0. The number of unbranched alkanes of at least 4 members (excludes halogenated alkanes) is 2. The van der Waals surface area contributed by atoms with Crippen molar-refractivity contribution in [2.75, 3.05) is 0 Å². The first kappa shape index (κ1) is 20.7. The molecule has 0 aliphatic heterocycles. The van der Waals surface area contributed by atoms with Crippen LogP contribution in [-0.2, 0) is 26.5 Å². The number of carbonyl (C=O) groups is 1. The molecule has 0 bridgehead atoms. The second-order valence-electron chi connectivity index (χ2n) is 4.00. The van der Waals surface area contributed by atoms with E-state index in [0.717, 1.165) is 19.3 Å². The molecule has 0 heterocycles. The van der Waals surface area contributed by atoms with E-state index in [1.165, 1.54) is 19.3 Å². The summed E-state index contributed by atoms with van der Waals surface area (Å²) >= 11 is 0. The molecule has 0 spiro atoms. The number of rotatable bonds is 7. The molecule has 0 aliphatic rings. The van der Waals surface area contributed by atoms with Crippen molar-refractivity contribution in [1.82, 2.24) is 0 Å². The third-order valence-electron chi connectivity index (χ3n) is 3.36. The molecule has 0 aromatic heterocycles. The first-order valence-corrected chi connectivity index (χ1v) is 5.64. The maximum atomic E-state index is 11.5. The van der Waals surface area contributed by atoms with Crippen molar-refractivity contribution in [2.45, 2.75) is 66.2 Å². The Morgan fingerprint density at radius 2 is 1.53 bits per heavy atom. The van der Waals surface area contributed by atoms with Gasteiger partial charge >= 0.3 is 0 Å². The van der Waals surface area contributed by atoms with Crippen LogP contribution in [0.5, 0.6) is 0 Å². The largest absolute Gasteiger partial charge is 0.412 e. The van der Waals surface area contributed by atoms with E-state index in [0.29, 0.717) is 5.78 Å². The van der Waals surface area contributed by atoms with Gasteiger partial charge in [0.15, 0.2) is 0 Å². The Kier molecular flexibility index (Phi) is 15.0. The maximum Gasteiger partial charge on any atom is 0.135 e. The van der Waals surface area contributed by atoms with E-state index in [2.05, 4.69) is 20.8 Å². The van der Waals surface area contributed by atoms with Gasteiger partial charge in [0, 0.05) is 27.1 Å². The van der Waals surface area contributed by atoms with Crippen LogP contribution in [0.1, 0.15) is 66.2 Å². The summed E-state index contributed by atoms with van der Waals surface area (Å²) < 4.78 is 0. The fraction of sp³-hybridized carbons (Fsp3) is 0.917. The van der Waals surface area contributed by atoms with E-state index >= 15 is 0 Å². The van der Waals surface area contributed by atoms with Gasteiger partial charge in [0.05, 0.1) is 0 Å². The summed E-state index contributed by atoms with van der Waals surface area (Å²) in [5, 5.41) is 0. The molecule has 0 amide bonds. The Hall–Kier alpha value is 0.344. The summed E-state index contributed by atoms with van der Waals surface area (Å²) in [6.07, 6.45) is 6.79. The molecule has 3 heteroatoms. The summed E-state index contributed by atoms with van der Waals surface area (Å²) in [5.74, 6) is 0.383. The van der Waals surface area contributed by atoms with Crippen LogP contribution in [0.2, 0.25) is 0 Å². The van der Waals surface area contributed by atoms with Gasteiger partial charge in [-0.05, 0) is 26.2 Å². The predicted octanol–water partition coefficient (Wildman–Crippen LogP) is 3.13. The fourth-order valence-electron chi connectivity index (χ4n) is 1.99. The van der Waals surface area contributed by atoms with Crippen LogP contribution < -0.4 is 0 Å². The summed E-state index contributed by atoms with van der Waals surface area (Å²) in [4.78, 5) is 11.5. The Bertz CT molecular complexity index is 154. The molecule has 0 atom stereocenters. The maximum absolute atomic E-state index is 11.5. The van der Waals surface area contributed by atoms with Crippen LogP contribution in [0.3, 0.4) is 0 Å². The zero-order valence-corrected chi connectivity index (χ0v) is 12.2. The van der Waals surface area contributed by atoms with Gasteiger partial charge in [0.25, 0.3) is 0 Å². The molecule has 0 fully saturated rings. The molecule has 0 unspecified atom stereocenters. The van der Waals surface area contributed by atoms with Gasteiger partial charge < -0.3 is 5.48 Å². The monoisotopic (exact) mass is 250 g/mol. The number of hydrogen-bond donors (Lipinski definition) is 0. The second kappa shape index (κ2) is 10.8. The molecule has 15 heavy (non-hydrogen) atoms. The molecule has 90 valence electrons. The molecular weight excluding hydrogens is 224 g/mol. The summed E-state index contributed by atoms with van der Waals surface area (Å²) in [6.45, 7) is 8.22. The molecule has 0 aromatic carbocycles. The van der Waals surface area contributed by atoms with E-state index in [1.54, 1.807) is 6.92 Å². The van der Waals surface area contributed by atoms with Crippen molar-refractivity contribution < 1.29 is 32.0 Å². The van der Waals surface area contributed by atoms with Crippen molar-refractivity contribution in [3.63, 3.8) is 0 Å². The number of ketones is 1. The van der Waals surface area contributed by atoms with E-state index < -0.39 is 0 Å². The van der Waals surface area contributed by atoms with Gasteiger partial charge in [-0.25, -0.2) is 0 Å². The van der Waals surface area contributed by atoms with Crippen LogP contribution in [-0.4, -0.2) is 11.3 Å². The van der Waals surface area contributed by atoms with Crippen LogP contribution in [0.4, 0.5) is 0 Å². The van der Waals surface area contributed by atoms with Crippen molar-refractivity contribution in [1.29, 1.82) is 0 Å². The minimum atomic E-state index is -0.00479. The third kappa shape index (κ3) is 6.50. The molecule has 2 N–H and O–H groups in total. The average molecular weight is 250 g/mol. The van der Waals surface area contributed by atoms with Gasteiger partial charge in [-0.15, -0.1) is 0 Å². The molecule has 0 aliphatic carbocycles. The van der Waals surface area contributed by atoms with E-state index in [9.17, 15) is 4.79 Å². The standard InChI is InChI=1S/C12H24O.H2O.Ti/c1-5-8-9-10-12(6-2,7-3)11(4)13;;/h5-10H2,1-4H3;1H2;. The molecule has 0 radical (unpaired) electrons. The first-order valence-electron chi connectivity index (χ1n) is 5.64. The first-order chi connectivity index (χ1) is 6.13. The number of Topliss-reactive ketones (excluding diaryl/α,β-unsaturated/α-hetero) is 1. The minimum Gasteiger partial charge on any atom is -0.412 e. The minimum absolute atomic E-state index is 0. The fourth-order valence-corrected chi connectivity index (χ4v) is 1.99. The van der Waals surface area contributed by atoms with Crippen LogP contribution in [0.15, 0.2) is 0 Å². The summed E-state index contributed by atoms with van der Waals surface area (Å²) in [5.41, 5.74) is -0.00479. The third-order valence-corrected chi connectivity index (χ3v) is 3.36. The molecular formula is C12H26O2Ti. The van der Waals surface area contributed by atoms with Gasteiger partial charge in [-0.1, -0.05) is 40.0 Å². The summed E-state index contributed by atoms with van der Waals surface area (Å²) in [7, 11) is 0. The van der Waals surface area contributed by atoms with E-state index in [4.69, 9.17) is 0 Å². The smallest absolute Gasteiger partial charge is 0.135 e. The second-order valence-corrected chi connectivity index (χ2v) is 4.00. The molecule has 2 nitrogen and oxygen atoms in total. The average Bonchev–Trinajstić information content (AvgIpc) is 2.13.